The Morgan fingerprint density at radius 2 is 1.71 bits per heavy atom. The van der Waals surface area contributed by atoms with Crippen molar-refractivity contribution < 1.29 is 0 Å². The Bertz CT molecular complexity index is 848. The van der Waals surface area contributed by atoms with E-state index in [0.29, 0.717) is 23.3 Å². The third-order valence-electron chi connectivity index (χ3n) is 3.69. The average molecular weight is 339 g/mol. The SMILES string of the molecule is Cc1cc(Nc2ccccc2Cl)nc(NCc2ccccc2C)n1. The number of hydrogen-bond acceptors (Lipinski definition) is 4. The molecule has 0 spiro atoms. The maximum atomic E-state index is 6.19. The Kier molecular flexibility index (Phi) is 4.96. The molecule has 122 valence electrons. The molecule has 0 saturated carbocycles. The molecule has 1 heterocycles. The van der Waals surface area contributed by atoms with Crippen LogP contribution in [-0.4, -0.2) is 9.97 Å². The van der Waals surface area contributed by atoms with Crippen LogP contribution in [0.15, 0.2) is 54.6 Å². The number of benzene rings is 2. The van der Waals surface area contributed by atoms with Crippen LogP contribution >= 0.6 is 11.6 Å². The minimum atomic E-state index is 0.591. The van der Waals surface area contributed by atoms with Crippen molar-refractivity contribution in [3.63, 3.8) is 0 Å². The number of nitrogens with one attached hydrogen (secondary N) is 2. The Balaban J connectivity index is 1.77. The lowest BCUT2D eigenvalue weighted by Gasteiger charge is -2.11. The summed E-state index contributed by atoms with van der Waals surface area (Å²) in [5.41, 5.74) is 4.17. The lowest BCUT2D eigenvalue weighted by Crippen LogP contribution is -2.07. The highest BCUT2D eigenvalue weighted by Gasteiger charge is 2.05. The predicted octanol–water partition coefficient (Wildman–Crippen LogP) is 5.10. The first-order valence-electron chi connectivity index (χ1n) is 7.77. The van der Waals surface area contributed by atoms with E-state index >= 15 is 0 Å². The van der Waals surface area contributed by atoms with Gasteiger partial charge >= 0.3 is 0 Å². The van der Waals surface area contributed by atoms with Crippen LogP contribution in [0.1, 0.15) is 16.8 Å². The first-order chi connectivity index (χ1) is 11.6. The molecule has 0 aliphatic heterocycles. The van der Waals surface area contributed by atoms with E-state index in [2.05, 4.69) is 39.7 Å². The van der Waals surface area contributed by atoms with E-state index in [4.69, 9.17) is 11.6 Å². The highest BCUT2D eigenvalue weighted by molar-refractivity contribution is 6.33. The smallest absolute Gasteiger partial charge is 0.225 e. The molecular formula is C19H19ClN4. The molecule has 0 atom stereocenters. The molecule has 0 radical (unpaired) electrons. The van der Waals surface area contributed by atoms with Gasteiger partial charge in [0.15, 0.2) is 0 Å². The van der Waals surface area contributed by atoms with Gasteiger partial charge in [-0.1, -0.05) is 48.0 Å². The van der Waals surface area contributed by atoms with Gasteiger partial charge in [-0.05, 0) is 37.1 Å². The lowest BCUT2D eigenvalue weighted by atomic mass is 10.1. The topological polar surface area (TPSA) is 49.8 Å². The van der Waals surface area contributed by atoms with Crippen molar-refractivity contribution >= 4 is 29.1 Å². The third-order valence-corrected chi connectivity index (χ3v) is 4.02. The van der Waals surface area contributed by atoms with Crippen molar-refractivity contribution in [1.82, 2.24) is 9.97 Å². The van der Waals surface area contributed by atoms with Crippen molar-refractivity contribution in [3.05, 3.63) is 76.4 Å². The highest BCUT2D eigenvalue weighted by atomic mass is 35.5. The number of halogens is 1. The molecule has 2 N–H and O–H groups in total. The second kappa shape index (κ2) is 7.32. The van der Waals surface area contributed by atoms with E-state index in [1.165, 1.54) is 11.1 Å². The predicted molar refractivity (Wildman–Crippen MR) is 100 cm³/mol. The lowest BCUT2D eigenvalue weighted by molar-refractivity contribution is 1.02. The van der Waals surface area contributed by atoms with Crippen LogP contribution in [0.3, 0.4) is 0 Å². The molecular weight excluding hydrogens is 320 g/mol. The van der Waals surface area contributed by atoms with E-state index in [-0.39, 0.29) is 0 Å². The molecule has 24 heavy (non-hydrogen) atoms. The zero-order valence-electron chi connectivity index (χ0n) is 13.7. The molecule has 1 aromatic heterocycles. The van der Waals surface area contributed by atoms with Crippen molar-refractivity contribution in [3.8, 4) is 0 Å². The highest BCUT2D eigenvalue weighted by Crippen LogP contribution is 2.24. The summed E-state index contributed by atoms with van der Waals surface area (Å²) >= 11 is 6.19. The van der Waals surface area contributed by atoms with E-state index < -0.39 is 0 Å². The number of nitrogens with zero attached hydrogens (tertiary/aromatic N) is 2. The fraction of sp³-hybridized carbons (Fsp3) is 0.158. The summed E-state index contributed by atoms with van der Waals surface area (Å²) in [5.74, 6) is 1.30. The zero-order valence-corrected chi connectivity index (χ0v) is 14.4. The molecule has 0 amide bonds. The first-order valence-corrected chi connectivity index (χ1v) is 8.15. The van der Waals surface area contributed by atoms with Crippen LogP contribution < -0.4 is 10.6 Å². The molecule has 3 aromatic rings. The fourth-order valence-electron chi connectivity index (χ4n) is 2.39. The minimum absolute atomic E-state index is 0.591. The van der Waals surface area contributed by atoms with Gasteiger partial charge in [0.05, 0.1) is 10.7 Å². The number of anilines is 3. The van der Waals surface area contributed by atoms with Crippen molar-refractivity contribution in [2.75, 3.05) is 10.6 Å². The number of aryl methyl sites for hydroxylation is 2. The molecule has 0 aliphatic carbocycles. The van der Waals surface area contributed by atoms with Crippen molar-refractivity contribution in [1.29, 1.82) is 0 Å². The van der Waals surface area contributed by atoms with Gasteiger partial charge in [0.25, 0.3) is 0 Å². The van der Waals surface area contributed by atoms with Crippen LogP contribution in [0.4, 0.5) is 17.5 Å². The normalized spacial score (nSPS) is 10.5. The average Bonchev–Trinajstić information content (AvgIpc) is 2.56. The summed E-state index contributed by atoms with van der Waals surface area (Å²) in [6.45, 7) is 4.72. The van der Waals surface area contributed by atoms with Crippen molar-refractivity contribution in [2.45, 2.75) is 20.4 Å². The Labute approximate surface area is 146 Å². The van der Waals surface area contributed by atoms with Gasteiger partial charge < -0.3 is 10.6 Å². The van der Waals surface area contributed by atoms with Crippen LogP contribution in [0, 0.1) is 13.8 Å². The van der Waals surface area contributed by atoms with E-state index in [1.807, 2.05) is 49.4 Å². The van der Waals surface area contributed by atoms with Gasteiger partial charge in [0.1, 0.15) is 5.82 Å². The van der Waals surface area contributed by atoms with Gasteiger partial charge in [0, 0.05) is 18.3 Å². The molecule has 3 rings (SSSR count). The summed E-state index contributed by atoms with van der Waals surface area (Å²) in [7, 11) is 0. The van der Waals surface area contributed by atoms with E-state index in [9.17, 15) is 0 Å². The van der Waals surface area contributed by atoms with Gasteiger partial charge in [-0.25, -0.2) is 4.98 Å². The summed E-state index contributed by atoms with van der Waals surface area (Å²) in [6.07, 6.45) is 0. The van der Waals surface area contributed by atoms with Gasteiger partial charge in [-0.15, -0.1) is 0 Å². The molecule has 0 aliphatic rings. The van der Waals surface area contributed by atoms with E-state index in [1.54, 1.807) is 0 Å². The van der Waals surface area contributed by atoms with Gasteiger partial charge in [0.2, 0.25) is 5.95 Å². The molecule has 0 saturated heterocycles. The number of para-hydroxylation sites is 1. The molecule has 0 unspecified atom stereocenters. The second-order valence-electron chi connectivity index (χ2n) is 5.60. The monoisotopic (exact) mass is 338 g/mol. The first kappa shape index (κ1) is 16.3. The molecule has 0 bridgehead atoms. The number of hydrogen-bond donors (Lipinski definition) is 2. The second-order valence-corrected chi connectivity index (χ2v) is 6.01. The number of rotatable bonds is 5. The molecule has 2 aromatic carbocycles. The standard InChI is InChI=1S/C19H19ClN4/c1-13-7-3-4-8-15(13)12-21-19-22-14(2)11-18(24-19)23-17-10-6-5-9-16(17)20/h3-11H,12H2,1-2H3,(H2,21,22,23,24). The number of aromatic nitrogens is 2. The van der Waals surface area contributed by atoms with Gasteiger partial charge in [-0.2, -0.15) is 4.98 Å². The minimum Gasteiger partial charge on any atom is -0.350 e. The Morgan fingerprint density at radius 3 is 2.50 bits per heavy atom. The fourth-order valence-corrected chi connectivity index (χ4v) is 2.58. The summed E-state index contributed by atoms with van der Waals surface area (Å²) in [4.78, 5) is 8.97. The van der Waals surface area contributed by atoms with Crippen LogP contribution in [-0.2, 0) is 6.54 Å². The summed E-state index contributed by atoms with van der Waals surface area (Å²) in [6, 6.07) is 17.7. The van der Waals surface area contributed by atoms with Crippen LogP contribution in [0.5, 0.6) is 0 Å². The zero-order chi connectivity index (χ0) is 16.9. The van der Waals surface area contributed by atoms with Gasteiger partial charge in [-0.3, -0.25) is 0 Å². The Hall–Kier alpha value is -2.59. The van der Waals surface area contributed by atoms with E-state index in [0.717, 1.165) is 11.4 Å². The largest absolute Gasteiger partial charge is 0.350 e. The van der Waals surface area contributed by atoms with Crippen LogP contribution in [0.25, 0.3) is 0 Å². The molecule has 0 fully saturated rings. The van der Waals surface area contributed by atoms with Crippen LogP contribution in [0.2, 0.25) is 5.02 Å². The third kappa shape index (κ3) is 4.03. The summed E-state index contributed by atoms with van der Waals surface area (Å²) in [5, 5.41) is 7.18. The molecule has 4 nitrogen and oxygen atoms in total. The maximum absolute atomic E-state index is 6.19. The van der Waals surface area contributed by atoms with Crippen molar-refractivity contribution in [2.24, 2.45) is 0 Å². The Morgan fingerprint density at radius 1 is 0.958 bits per heavy atom. The quantitative estimate of drug-likeness (QED) is 0.679. The molecule has 5 heteroatoms. The summed E-state index contributed by atoms with van der Waals surface area (Å²) < 4.78 is 0. The maximum Gasteiger partial charge on any atom is 0.225 e.